The van der Waals surface area contributed by atoms with Crippen molar-refractivity contribution in [2.24, 2.45) is 0 Å². The Morgan fingerprint density at radius 1 is 1.08 bits per heavy atom. The molecule has 0 radical (unpaired) electrons. The first-order chi connectivity index (χ1) is 18.4. The Morgan fingerprint density at radius 3 is 2.55 bits per heavy atom. The van der Waals surface area contributed by atoms with Gasteiger partial charge in [-0.15, -0.1) is 32.9 Å². The number of aromatic nitrogens is 3. The molecular formula is C26H32N4O5S3. The first kappa shape index (κ1) is 28.3. The number of hydrogen-bond acceptors (Lipinski definition) is 10. The maximum absolute atomic E-state index is 13.0. The lowest BCUT2D eigenvalue weighted by molar-refractivity contribution is -0.113. The topological polar surface area (TPSA) is 112 Å². The van der Waals surface area contributed by atoms with Gasteiger partial charge in [-0.05, 0) is 64.0 Å². The van der Waals surface area contributed by atoms with Crippen LogP contribution in [0.15, 0.2) is 10.5 Å². The summed E-state index contributed by atoms with van der Waals surface area (Å²) in [6.45, 7) is 8.29. The van der Waals surface area contributed by atoms with Crippen LogP contribution in [-0.2, 0) is 33.7 Å². The Labute approximate surface area is 234 Å². The van der Waals surface area contributed by atoms with Gasteiger partial charge in [-0.2, -0.15) is 0 Å². The van der Waals surface area contributed by atoms with E-state index < -0.39 is 11.9 Å². The third-order valence-electron chi connectivity index (χ3n) is 6.14. The van der Waals surface area contributed by atoms with Crippen LogP contribution in [0, 0.1) is 6.92 Å². The lowest BCUT2D eigenvalue weighted by atomic mass is 9.95. The van der Waals surface area contributed by atoms with E-state index in [1.54, 1.807) is 32.1 Å². The van der Waals surface area contributed by atoms with Crippen LogP contribution in [0.2, 0.25) is 0 Å². The number of thiophene rings is 2. The molecule has 3 aromatic heterocycles. The highest BCUT2D eigenvalue weighted by Crippen LogP contribution is 2.37. The molecule has 204 valence electrons. The van der Waals surface area contributed by atoms with E-state index in [0.29, 0.717) is 10.7 Å². The predicted octanol–water partition coefficient (Wildman–Crippen LogP) is 5.75. The zero-order valence-corrected chi connectivity index (χ0v) is 24.5. The summed E-state index contributed by atoms with van der Waals surface area (Å²) < 4.78 is 12.4. The van der Waals surface area contributed by atoms with Crippen molar-refractivity contribution in [2.45, 2.75) is 71.5 Å². The van der Waals surface area contributed by atoms with Crippen molar-refractivity contribution in [3.05, 3.63) is 31.8 Å². The van der Waals surface area contributed by atoms with E-state index in [-0.39, 0.29) is 40.3 Å². The third kappa shape index (κ3) is 5.97. The summed E-state index contributed by atoms with van der Waals surface area (Å²) in [4.78, 5) is 39.7. The van der Waals surface area contributed by atoms with E-state index in [9.17, 15) is 14.4 Å². The Bertz CT molecular complexity index is 1330. The second-order valence-electron chi connectivity index (χ2n) is 8.75. The summed E-state index contributed by atoms with van der Waals surface area (Å²) in [6, 6.07) is 0. The average Bonchev–Trinajstić information content (AvgIpc) is 3.58. The number of anilines is 1. The number of aryl methyl sites for hydroxylation is 1. The molecule has 0 saturated carbocycles. The van der Waals surface area contributed by atoms with Gasteiger partial charge in [0.2, 0.25) is 5.91 Å². The van der Waals surface area contributed by atoms with Gasteiger partial charge in [0.15, 0.2) is 11.0 Å². The Hall–Kier alpha value is -2.70. The summed E-state index contributed by atoms with van der Waals surface area (Å²) in [7, 11) is 0. The number of hydrogen-bond donors (Lipinski definition) is 1. The van der Waals surface area contributed by atoms with E-state index in [1.807, 2.05) is 0 Å². The highest BCUT2D eigenvalue weighted by molar-refractivity contribution is 7.99. The molecule has 9 nitrogen and oxygen atoms in total. The zero-order chi connectivity index (χ0) is 27.2. The Morgan fingerprint density at radius 2 is 1.82 bits per heavy atom. The Balaban J connectivity index is 1.52. The second kappa shape index (κ2) is 12.9. The molecule has 1 aliphatic rings. The van der Waals surface area contributed by atoms with Crippen molar-refractivity contribution < 1.29 is 23.9 Å². The number of carbonyl (C=O) groups is 3. The van der Waals surface area contributed by atoms with Gasteiger partial charge in [0, 0.05) is 22.4 Å². The molecule has 1 amide bonds. The summed E-state index contributed by atoms with van der Waals surface area (Å²) >= 11 is 4.11. The lowest BCUT2D eigenvalue weighted by Gasteiger charge is -2.13. The normalized spacial score (nSPS) is 12.7. The van der Waals surface area contributed by atoms with Gasteiger partial charge in [0.25, 0.3) is 0 Å². The maximum Gasteiger partial charge on any atom is 0.348 e. The molecule has 0 fully saturated rings. The molecule has 0 unspecified atom stereocenters. The molecule has 0 spiro atoms. The van der Waals surface area contributed by atoms with Crippen molar-refractivity contribution in [2.75, 3.05) is 24.3 Å². The number of amides is 1. The molecule has 0 aliphatic heterocycles. The monoisotopic (exact) mass is 576 g/mol. The highest BCUT2D eigenvalue weighted by Gasteiger charge is 2.28. The van der Waals surface area contributed by atoms with E-state index in [0.717, 1.165) is 48.5 Å². The fourth-order valence-electron chi connectivity index (χ4n) is 4.44. The fraction of sp³-hybridized carbons (Fsp3) is 0.500. The molecule has 0 atom stereocenters. The highest BCUT2D eigenvalue weighted by atomic mass is 32.2. The van der Waals surface area contributed by atoms with Gasteiger partial charge in [-0.1, -0.05) is 18.7 Å². The van der Waals surface area contributed by atoms with Crippen LogP contribution in [0.1, 0.15) is 76.1 Å². The van der Waals surface area contributed by atoms with Crippen LogP contribution in [0.25, 0.3) is 11.4 Å². The van der Waals surface area contributed by atoms with Crippen molar-refractivity contribution in [3.63, 3.8) is 0 Å². The standard InChI is InChI=1S/C26H32N4O5S3/c1-5-12-30-22(17-13-36-18-11-9-8-10-16(17)18)28-29-26(30)37-14-19(31)27-23-20(24(32)34-6-2)15(4)21(38-23)25(33)35-7-3/h13H,5-12,14H2,1-4H3,(H,27,31). The van der Waals surface area contributed by atoms with Crippen molar-refractivity contribution in [1.82, 2.24) is 14.8 Å². The summed E-state index contributed by atoms with van der Waals surface area (Å²) in [6.07, 6.45) is 5.51. The number of esters is 2. The fourth-order valence-corrected chi connectivity index (χ4v) is 7.43. The van der Waals surface area contributed by atoms with Crippen molar-refractivity contribution in [3.8, 4) is 11.4 Å². The van der Waals surface area contributed by atoms with Gasteiger partial charge in [-0.3, -0.25) is 4.79 Å². The number of rotatable bonds is 11. The van der Waals surface area contributed by atoms with Crippen LogP contribution in [0.5, 0.6) is 0 Å². The van der Waals surface area contributed by atoms with Gasteiger partial charge >= 0.3 is 11.9 Å². The summed E-state index contributed by atoms with van der Waals surface area (Å²) in [5.41, 5.74) is 3.15. The second-order valence-corrected chi connectivity index (χ2v) is 11.7. The minimum absolute atomic E-state index is 0.0670. The Kier molecular flexibility index (Phi) is 9.61. The van der Waals surface area contributed by atoms with Crippen LogP contribution >= 0.6 is 34.4 Å². The van der Waals surface area contributed by atoms with Crippen molar-refractivity contribution in [1.29, 1.82) is 0 Å². The maximum atomic E-state index is 13.0. The quantitative estimate of drug-likeness (QED) is 0.227. The SMILES string of the molecule is CCCn1c(SCC(=O)Nc2sc(C(=O)OCC)c(C)c2C(=O)OCC)nnc1-c1csc2c1CCCC2. The number of fused-ring (bicyclic) bond motifs is 1. The molecule has 4 rings (SSSR count). The van der Waals surface area contributed by atoms with Crippen LogP contribution in [0.4, 0.5) is 5.00 Å². The molecule has 3 aromatic rings. The van der Waals surface area contributed by atoms with Crippen LogP contribution < -0.4 is 5.32 Å². The molecule has 12 heteroatoms. The number of nitrogens with one attached hydrogen (secondary N) is 1. The van der Waals surface area contributed by atoms with Gasteiger partial charge in [-0.25, -0.2) is 9.59 Å². The molecule has 1 N–H and O–H groups in total. The van der Waals surface area contributed by atoms with E-state index >= 15 is 0 Å². The number of ether oxygens (including phenoxy) is 2. The van der Waals surface area contributed by atoms with E-state index in [4.69, 9.17) is 9.47 Å². The molecule has 0 saturated heterocycles. The first-order valence-electron chi connectivity index (χ1n) is 12.8. The largest absolute Gasteiger partial charge is 0.462 e. The van der Waals surface area contributed by atoms with Crippen LogP contribution in [-0.4, -0.2) is 51.6 Å². The minimum Gasteiger partial charge on any atom is -0.462 e. The van der Waals surface area contributed by atoms with E-state index in [2.05, 4.69) is 32.4 Å². The molecule has 38 heavy (non-hydrogen) atoms. The summed E-state index contributed by atoms with van der Waals surface area (Å²) in [5, 5.41) is 14.9. The minimum atomic E-state index is -0.592. The molecule has 0 aromatic carbocycles. The average molecular weight is 577 g/mol. The van der Waals surface area contributed by atoms with Gasteiger partial charge in [0.05, 0.1) is 24.5 Å². The number of carbonyl (C=O) groups excluding carboxylic acids is 3. The lowest BCUT2D eigenvalue weighted by Crippen LogP contribution is -2.17. The summed E-state index contributed by atoms with van der Waals surface area (Å²) in [5.74, 6) is -0.529. The van der Waals surface area contributed by atoms with Crippen LogP contribution in [0.3, 0.4) is 0 Å². The van der Waals surface area contributed by atoms with Crippen molar-refractivity contribution >= 4 is 57.3 Å². The first-order valence-corrected chi connectivity index (χ1v) is 15.5. The zero-order valence-electron chi connectivity index (χ0n) is 22.0. The molecule has 0 bridgehead atoms. The van der Waals surface area contributed by atoms with E-state index in [1.165, 1.54) is 35.0 Å². The molecule has 3 heterocycles. The third-order valence-corrected chi connectivity index (χ3v) is 9.38. The predicted molar refractivity (Wildman–Crippen MR) is 151 cm³/mol. The number of thioether (sulfide) groups is 1. The number of nitrogens with zero attached hydrogens (tertiary/aromatic N) is 3. The van der Waals surface area contributed by atoms with Gasteiger partial charge < -0.3 is 19.4 Å². The molecule has 1 aliphatic carbocycles. The smallest absolute Gasteiger partial charge is 0.348 e. The van der Waals surface area contributed by atoms with Gasteiger partial charge in [0.1, 0.15) is 9.88 Å². The molecular weight excluding hydrogens is 545 g/mol.